The summed E-state index contributed by atoms with van der Waals surface area (Å²) in [5.74, 6) is 0.265. The zero-order chi connectivity index (χ0) is 17.6. The molecule has 0 aliphatic heterocycles. The van der Waals surface area contributed by atoms with E-state index in [0.29, 0.717) is 6.54 Å². The number of aryl methyl sites for hydroxylation is 1. The van der Waals surface area contributed by atoms with Gasteiger partial charge in [-0.25, -0.2) is 9.78 Å². The smallest absolute Gasteiger partial charge is 0.315 e. The molecule has 3 N–H and O–H groups in total. The monoisotopic (exact) mass is 338 g/mol. The predicted molar refractivity (Wildman–Crippen MR) is 96.5 cm³/mol. The number of pyridine rings is 1. The third-order valence-electron chi connectivity index (χ3n) is 4.02. The van der Waals surface area contributed by atoms with Crippen LogP contribution in [0.5, 0.6) is 5.75 Å². The van der Waals surface area contributed by atoms with E-state index in [1.54, 1.807) is 12.1 Å². The number of carbonyl (C=O) groups is 1. The molecule has 0 radical (unpaired) electrons. The standard InChI is InChI=1S/C19H22N4O2/c1-14(5-6-15-7-9-17(24)10-8-15)21-19(25)20-12-16-13-23-11-3-2-4-18(23)22-16/h2-4,7-11,13-14,24H,5-6,12H2,1H3,(H2,20,21,25)/t14-/m0/s1. The Balaban J connectivity index is 1.42. The van der Waals surface area contributed by atoms with Crippen molar-refractivity contribution in [3.63, 3.8) is 0 Å². The zero-order valence-electron chi connectivity index (χ0n) is 14.1. The number of hydrogen-bond donors (Lipinski definition) is 3. The Labute approximate surface area is 146 Å². The van der Waals surface area contributed by atoms with Crippen LogP contribution in [0.1, 0.15) is 24.6 Å². The van der Waals surface area contributed by atoms with Crippen LogP contribution in [0.15, 0.2) is 54.9 Å². The quantitative estimate of drug-likeness (QED) is 0.647. The SMILES string of the molecule is C[C@@H](CCc1ccc(O)cc1)NC(=O)NCc1cn2ccccc2n1. The van der Waals surface area contributed by atoms with Gasteiger partial charge < -0.3 is 20.1 Å². The summed E-state index contributed by atoms with van der Waals surface area (Å²) in [5, 5.41) is 15.0. The fraction of sp³-hybridized carbons (Fsp3) is 0.263. The number of amides is 2. The van der Waals surface area contributed by atoms with E-state index in [9.17, 15) is 9.90 Å². The Bertz CT molecular complexity index is 809. The van der Waals surface area contributed by atoms with Gasteiger partial charge in [-0.05, 0) is 49.6 Å². The van der Waals surface area contributed by atoms with Crippen LogP contribution >= 0.6 is 0 Å². The number of nitrogens with zero attached hydrogens (tertiary/aromatic N) is 2. The average Bonchev–Trinajstić information content (AvgIpc) is 3.02. The molecular weight excluding hydrogens is 316 g/mol. The van der Waals surface area contributed by atoms with E-state index in [4.69, 9.17) is 0 Å². The molecule has 0 aliphatic carbocycles. The zero-order valence-corrected chi connectivity index (χ0v) is 14.1. The van der Waals surface area contributed by atoms with E-state index in [-0.39, 0.29) is 17.8 Å². The number of phenolic OH excluding ortho intramolecular Hbond substituents is 1. The Morgan fingerprint density at radius 2 is 2.04 bits per heavy atom. The Hall–Kier alpha value is -3.02. The highest BCUT2D eigenvalue weighted by Crippen LogP contribution is 2.12. The number of carbonyl (C=O) groups excluding carboxylic acids is 1. The van der Waals surface area contributed by atoms with Crippen molar-refractivity contribution in [1.29, 1.82) is 0 Å². The van der Waals surface area contributed by atoms with Crippen molar-refractivity contribution >= 4 is 11.7 Å². The molecule has 0 spiro atoms. The summed E-state index contributed by atoms with van der Waals surface area (Å²) in [7, 11) is 0. The van der Waals surface area contributed by atoms with Gasteiger partial charge in [-0.1, -0.05) is 18.2 Å². The minimum absolute atomic E-state index is 0.0508. The summed E-state index contributed by atoms with van der Waals surface area (Å²) in [6.45, 7) is 2.36. The number of rotatable bonds is 6. The molecule has 0 saturated carbocycles. The molecule has 0 aliphatic rings. The lowest BCUT2D eigenvalue weighted by atomic mass is 10.1. The van der Waals surface area contributed by atoms with E-state index < -0.39 is 0 Å². The van der Waals surface area contributed by atoms with Gasteiger partial charge in [-0.3, -0.25) is 0 Å². The van der Waals surface area contributed by atoms with Gasteiger partial charge in [0.25, 0.3) is 0 Å². The van der Waals surface area contributed by atoms with Crippen LogP contribution in [0, 0.1) is 0 Å². The van der Waals surface area contributed by atoms with Gasteiger partial charge >= 0.3 is 6.03 Å². The van der Waals surface area contributed by atoms with Crippen molar-refractivity contribution in [2.45, 2.75) is 32.4 Å². The number of urea groups is 1. The van der Waals surface area contributed by atoms with E-state index in [0.717, 1.165) is 29.7 Å². The lowest BCUT2D eigenvalue weighted by Crippen LogP contribution is -2.40. The predicted octanol–water partition coefficient (Wildman–Crippen LogP) is 2.86. The fourth-order valence-corrected chi connectivity index (χ4v) is 2.64. The first-order valence-electron chi connectivity index (χ1n) is 8.35. The van der Waals surface area contributed by atoms with Crippen molar-refractivity contribution in [3.8, 4) is 5.75 Å². The number of benzene rings is 1. The molecule has 0 saturated heterocycles. The molecule has 6 heteroatoms. The molecule has 3 aromatic rings. The lowest BCUT2D eigenvalue weighted by molar-refractivity contribution is 0.236. The molecule has 3 rings (SSSR count). The summed E-state index contributed by atoms with van der Waals surface area (Å²) in [6, 6.07) is 12.8. The van der Waals surface area contributed by atoms with Crippen LogP contribution in [-0.4, -0.2) is 26.6 Å². The fourth-order valence-electron chi connectivity index (χ4n) is 2.64. The normalized spacial score (nSPS) is 12.0. The Morgan fingerprint density at radius 3 is 2.80 bits per heavy atom. The van der Waals surface area contributed by atoms with Gasteiger partial charge in [-0.15, -0.1) is 0 Å². The maximum absolute atomic E-state index is 12.0. The minimum atomic E-state index is -0.199. The highest BCUT2D eigenvalue weighted by Gasteiger charge is 2.08. The van der Waals surface area contributed by atoms with Crippen molar-refractivity contribution in [2.75, 3.05) is 0 Å². The molecule has 2 amide bonds. The van der Waals surface area contributed by atoms with Gasteiger partial charge in [0.05, 0.1) is 12.2 Å². The van der Waals surface area contributed by atoms with Crippen LogP contribution in [0.4, 0.5) is 4.79 Å². The summed E-state index contributed by atoms with van der Waals surface area (Å²) < 4.78 is 1.93. The summed E-state index contributed by atoms with van der Waals surface area (Å²) in [4.78, 5) is 16.5. The highest BCUT2D eigenvalue weighted by molar-refractivity contribution is 5.74. The number of phenols is 1. The molecular formula is C19H22N4O2. The van der Waals surface area contributed by atoms with E-state index in [1.165, 1.54) is 0 Å². The molecule has 0 fully saturated rings. The molecule has 2 heterocycles. The molecule has 1 aromatic carbocycles. The summed E-state index contributed by atoms with van der Waals surface area (Å²) in [6.07, 6.45) is 5.50. The summed E-state index contributed by atoms with van der Waals surface area (Å²) in [5.41, 5.74) is 2.82. The number of imidazole rings is 1. The van der Waals surface area contributed by atoms with Crippen molar-refractivity contribution in [1.82, 2.24) is 20.0 Å². The Morgan fingerprint density at radius 1 is 1.24 bits per heavy atom. The first-order valence-corrected chi connectivity index (χ1v) is 8.35. The van der Waals surface area contributed by atoms with Crippen LogP contribution in [-0.2, 0) is 13.0 Å². The van der Waals surface area contributed by atoms with Crippen molar-refractivity contribution < 1.29 is 9.90 Å². The number of aromatic nitrogens is 2. The Kier molecular flexibility index (Phi) is 5.18. The largest absolute Gasteiger partial charge is 0.508 e. The highest BCUT2D eigenvalue weighted by atomic mass is 16.3. The van der Waals surface area contributed by atoms with Crippen molar-refractivity contribution in [3.05, 3.63) is 66.1 Å². The first-order chi connectivity index (χ1) is 12.1. The summed E-state index contributed by atoms with van der Waals surface area (Å²) >= 11 is 0. The topological polar surface area (TPSA) is 78.7 Å². The molecule has 0 bridgehead atoms. The maximum Gasteiger partial charge on any atom is 0.315 e. The van der Waals surface area contributed by atoms with E-state index in [2.05, 4.69) is 15.6 Å². The maximum atomic E-state index is 12.0. The van der Waals surface area contributed by atoms with Crippen LogP contribution in [0.3, 0.4) is 0 Å². The van der Waals surface area contributed by atoms with E-state index in [1.807, 2.05) is 54.0 Å². The number of aromatic hydroxyl groups is 1. The number of hydrogen-bond acceptors (Lipinski definition) is 3. The minimum Gasteiger partial charge on any atom is -0.508 e. The average molecular weight is 338 g/mol. The molecule has 6 nitrogen and oxygen atoms in total. The third kappa shape index (κ3) is 4.73. The van der Waals surface area contributed by atoms with Crippen LogP contribution in [0.25, 0.3) is 5.65 Å². The van der Waals surface area contributed by atoms with Gasteiger partial charge in [-0.2, -0.15) is 0 Å². The van der Waals surface area contributed by atoms with Gasteiger partial charge in [0.2, 0.25) is 0 Å². The second-order valence-electron chi connectivity index (χ2n) is 6.13. The van der Waals surface area contributed by atoms with Crippen molar-refractivity contribution in [2.24, 2.45) is 0 Å². The third-order valence-corrected chi connectivity index (χ3v) is 4.02. The second kappa shape index (κ2) is 7.70. The number of nitrogens with one attached hydrogen (secondary N) is 2. The molecule has 1 atom stereocenters. The van der Waals surface area contributed by atoms with Gasteiger partial charge in [0.15, 0.2) is 0 Å². The molecule has 25 heavy (non-hydrogen) atoms. The molecule has 2 aromatic heterocycles. The number of fused-ring (bicyclic) bond motifs is 1. The van der Waals surface area contributed by atoms with Gasteiger partial charge in [0, 0.05) is 18.4 Å². The van der Waals surface area contributed by atoms with Crippen LogP contribution < -0.4 is 10.6 Å². The van der Waals surface area contributed by atoms with Gasteiger partial charge in [0.1, 0.15) is 11.4 Å². The lowest BCUT2D eigenvalue weighted by Gasteiger charge is -2.14. The van der Waals surface area contributed by atoms with Crippen LogP contribution in [0.2, 0.25) is 0 Å². The first kappa shape index (κ1) is 16.8. The second-order valence-corrected chi connectivity index (χ2v) is 6.13. The molecule has 130 valence electrons. The molecule has 0 unspecified atom stereocenters. The van der Waals surface area contributed by atoms with E-state index >= 15 is 0 Å².